The molecule has 0 aromatic rings. The van der Waals surface area contributed by atoms with E-state index < -0.39 is 8.32 Å². The molecule has 0 unspecified atom stereocenters. The third-order valence-electron chi connectivity index (χ3n) is 6.79. The van der Waals surface area contributed by atoms with Crippen molar-refractivity contribution in [3.63, 3.8) is 0 Å². The summed E-state index contributed by atoms with van der Waals surface area (Å²) < 4.78 is 6.35. The van der Waals surface area contributed by atoms with Gasteiger partial charge in [0.2, 0.25) is 0 Å². The van der Waals surface area contributed by atoms with Crippen molar-refractivity contribution in [3.8, 4) is 0 Å². The van der Waals surface area contributed by atoms with E-state index in [1.165, 1.54) is 6.42 Å². The van der Waals surface area contributed by atoms with Crippen LogP contribution in [0.3, 0.4) is 0 Å². The van der Waals surface area contributed by atoms with Crippen LogP contribution in [-0.4, -0.2) is 20.7 Å². The molecule has 3 heteroatoms. The summed E-state index contributed by atoms with van der Waals surface area (Å²) in [6.07, 6.45) is 9.65. The highest BCUT2D eigenvalue weighted by atomic mass is 28.4. The zero-order chi connectivity index (χ0) is 17.5. The van der Waals surface area contributed by atoms with Crippen molar-refractivity contribution < 1.29 is 9.22 Å². The minimum atomic E-state index is -1.64. The number of allylic oxidation sites excluding steroid dienone is 2. The number of carbonyl (C=O) groups is 1. The Bertz CT molecular complexity index is 484. The van der Waals surface area contributed by atoms with E-state index >= 15 is 0 Å². The number of hydrogen-bond donors (Lipinski definition) is 0. The Balaban J connectivity index is 1.94. The molecule has 0 N–H and O–H groups in total. The molecule has 2 aliphatic carbocycles. The second-order valence-electron chi connectivity index (χ2n) is 9.90. The van der Waals surface area contributed by atoms with E-state index in [4.69, 9.17) is 4.43 Å². The summed E-state index contributed by atoms with van der Waals surface area (Å²) in [7, 11) is -1.64. The Morgan fingerprint density at radius 3 is 2.52 bits per heavy atom. The average molecular weight is 337 g/mol. The van der Waals surface area contributed by atoms with Gasteiger partial charge in [0.05, 0.1) is 0 Å². The lowest BCUT2D eigenvalue weighted by atomic mass is 9.60. The molecule has 0 bridgehead atoms. The molecule has 2 nitrogen and oxygen atoms in total. The smallest absolute Gasteiger partial charge is 0.191 e. The molecule has 23 heavy (non-hydrogen) atoms. The standard InChI is InChI=1S/C20H36O2Si/c1-18(2,3)23(6,7)22-14-8-10-20-11-9-16(21)15-17(20)19(4,5)12-13-20/h12-13,17H,8-11,14-15H2,1-7H3/t17-,20+/m1/s1. The Labute approximate surface area is 144 Å². The van der Waals surface area contributed by atoms with Gasteiger partial charge in [-0.25, -0.2) is 0 Å². The predicted octanol–water partition coefficient (Wildman–Crippen LogP) is 5.74. The van der Waals surface area contributed by atoms with Crippen molar-refractivity contribution in [2.75, 3.05) is 6.61 Å². The topological polar surface area (TPSA) is 26.3 Å². The fourth-order valence-corrected chi connectivity index (χ4v) is 5.20. The number of rotatable bonds is 5. The predicted molar refractivity (Wildman–Crippen MR) is 100 cm³/mol. The van der Waals surface area contributed by atoms with Crippen molar-refractivity contribution in [3.05, 3.63) is 12.2 Å². The summed E-state index contributed by atoms with van der Waals surface area (Å²) in [5, 5.41) is 0.278. The molecular weight excluding hydrogens is 300 g/mol. The number of carbonyl (C=O) groups excluding carboxylic acids is 1. The van der Waals surface area contributed by atoms with Crippen LogP contribution in [0.5, 0.6) is 0 Å². The van der Waals surface area contributed by atoms with Crippen LogP contribution in [-0.2, 0) is 9.22 Å². The van der Waals surface area contributed by atoms with Crippen LogP contribution in [0.2, 0.25) is 18.1 Å². The molecule has 0 saturated heterocycles. The van der Waals surface area contributed by atoms with Crippen LogP contribution in [0.4, 0.5) is 0 Å². The second-order valence-corrected chi connectivity index (χ2v) is 14.7. The molecule has 2 atom stereocenters. The fourth-order valence-electron chi connectivity index (χ4n) is 4.11. The molecule has 0 amide bonds. The third-order valence-corrected chi connectivity index (χ3v) is 11.3. The van der Waals surface area contributed by atoms with E-state index in [0.717, 1.165) is 32.3 Å². The summed E-state index contributed by atoms with van der Waals surface area (Å²) >= 11 is 0. The van der Waals surface area contributed by atoms with Gasteiger partial charge in [-0.1, -0.05) is 46.8 Å². The highest BCUT2D eigenvalue weighted by molar-refractivity contribution is 6.74. The summed E-state index contributed by atoms with van der Waals surface area (Å²) in [6.45, 7) is 17.0. The summed E-state index contributed by atoms with van der Waals surface area (Å²) in [5.74, 6) is 0.948. The quantitative estimate of drug-likeness (QED) is 0.363. The van der Waals surface area contributed by atoms with Gasteiger partial charge in [0.1, 0.15) is 5.78 Å². The van der Waals surface area contributed by atoms with Crippen molar-refractivity contribution in [1.82, 2.24) is 0 Å². The van der Waals surface area contributed by atoms with Crippen LogP contribution in [0.15, 0.2) is 12.2 Å². The largest absolute Gasteiger partial charge is 0.417 e. The molecule has 0 heterocycles. The van der Waals surface area contributed by atoms with Crippen LogP contribution < -0.4 is 0 Å². The maximum absolute atomic E-state index is 12.0. The molecule has 1 fully saturated rings. The van der Waals surface area contributed by atoms with Gasteiger partial charge in [-0.15, -0.1) is 0 Å². The van der Waals surface area contributed by atoms with Crippen LogP contribution >= 0.6 is 0 Å². The molecule has 1 saturated carbocycles. The monoisotopic (exact) mass is 336 g/mol. The van der Waals surface area contributed by atoms with Gasteiger partial charge >= 0.3 is 0 Å². The van der Waals surface area contributed by atoms with Gasteiger partial charge in [-0.3, -0.25) is 4.79 Å². The SMILES string of the molecule is CC1(C)C=C[C@]2(CCCO[Si](C)(C)C(C)(C)C)CCC(=O)C[C@H]12. The zero-order valence-corrected chi connectivity index (χ0v) is 17.3. The highest BCUT2D eigenvalue weighted by Gasteiger charge is 2.50. The Hall–Kier alpha value is -0.413. The molecule has 0 spiro atoms. The molecular formula is C20H36O2Si. The summed E-state index contributed by atoms with van der Waals surface area (Å²) in [5.41, 5.74) is 0.407. The lowest BCUT2D eigenvalue weighted by molar-refractivity contribution is -0.125. The van der Waals surface area contributed by atoms with Crippen molar-refractivity contribution in [2.24, 2.45) is 16.7 Å². The first-order valence-corrected chi connectivity index (χ1v) is 12.2. The maximum atomic E-state index is 12.0. The Kier molecular flexibility index (Phi) is 5.05. The second kappa shape index (κ2) is 6.14. The number of ketones is 1. The van der Waals surface area contributed by atoms with Crippen LogP contribution in [0, 0.1) is 16.7 Å². The van der Waals surface area contributed by atoms with Crippen molar-refractivity contribution >= 4 is 14.1 Å². The number of Topliss-reactive ketones (excluding diaryl/α,β-unsaturated/α-hetero) is 1. The lowest BCUT2D eigenvalue weighted by Gasteiger charge is -2.44. The van der Waals surface area contributed by atoms with E-state index in [1.807, 2.05) is 0 Å². The third kappa shape index (κ3) is 3.82. The van der Waals surface area contributed by atoms with Crippen molar-refractivity contribution in [1.29, 1.82) is 0 Å². The van der Waals surface area contributed by atoms with Gasteiger partial charge < -0.3 is 4.43 Å². The van der Waals surface area contributed by atoms with E-state index in [2.05, 4.69) is 59.9 Å². The minimum Gasteiger partial charge on any atom is -0.417 e. The summed E-state index contributed by atoms with van der Waals surface area (Å²) in [4.78, 5) is 12.0. The fraction of sp³-hybridized carbons (Fsp3) is 0.850. The highest BCUT2D eigenvalue weighted by Crippen LogP contribution is 2.57. The first-order chi connectivity index (χ1) is 10.4. The molecule has 0 aromatic carbocycles. The molecule has 2 rings (SSSR count). The van der Waals surface area contributed by atoms with Gasteiger partial charge in [0.15, 0.2) is 8.32 Å². The first-order valence-electron chi connectivity index (χ1n) is 9.26. The van der Waals surface area contributed by atoms with Crippen LogP contribution in [0.25, 0.3) is 0 Å². The van der Waals surface area contributed by atoms with E-state index in [0.29, 0.717) is 11.7 Å². The molecule has 0 radical (unpaired) electrons. The first kappa shape index (κ1) is 18.9. The average Bonchev–Trinajstić information content (AvgIpc) is 2.67. The molecule has 0 aromatic heterocycles. The van der Waals surface area contributed by atoms with Gasteiger partial charge in [0.25, 0.3) is 0 Å². The molecule has 0 aliphatic heterocycles. The van der Waals surface area contributed by atoms with E-state index in [-0.39, 0.29) is 15.9 Å². The van der Waals surface area contributed by atoms with Gasteiger partial charge in [-0.05, 0) is 54.1 Å². The summed E-state index contributed by atoms with van der Waals surface area (Å²) in [6, 6.07) is 0. The normalized spacial score (nSPS) is 30.6. The minimum absolute atomic E-state index is 0.163. The zero-order valence-electron chi connectivity index (χ0n) is 16.3. The van der Waals surface area contributed by atoms with E-state index in [9.17, 15) is 4.79 Å². The number of fused-ring (bicyclic) bond motifs is 1. The Morgan fingerprint density at radius 2 is 1.91 bits per heavy atom. The lowest BCUT2D eigenvalue weighted by Crippen LogP contribution is -2.42. The van der Waals surface area contributed by atoms with Crippen molar-refractivity contribution in [2.45, 2.75) is 84.9 Å². The van der Waals surface area contributed by atoms with E-state index in [1.54, 1.807) is 0 Å². The van der Waals surface area contributed by atoms with Gasteiger partial charge in [-0.2, -0.15) is 0 Å². The maximum Gasteiger partial charge on any atom is 0.191 e. The Morgan fingerprint density at radius 1 is 1.26 bits per heavy atom. The molecule has 132 valence electrons. The molecule has 2 aliphatic rings. The number of hydrogen-bond acceptors (Lipinski definition) is 2. The van der Waals surface area contributed by atoms with Crippen LogP contribution in [0.1, 0.15) is 66.7 Å². The van der Waals surface area contributed by atoms with Gasteiger partial charge in [0, 0.05) is 19.4 Å².